The number of aliphatic hydroxyl groups is 1. The number of rotatable bonds is 5. The largest absolute Gasteiger partial charge is 0.389 e. The first-order chi connectivity index (χ1) is 8.32. The van der Waals surface area contributed by atoms with Gasteiger partial charge in [-0.3, -0.25) is 0 Å². The Morgan fingerprint density at radius 2 is 2.28 bits per heavy atom. The van der Waals surface area contributed by atoms with Gasteiger partial charge in [-0.15, -0.1) is 0 Å². The Morgan fingerprint density at radius 1 is 1.61 bits per heavy atom. The summed E-state index contributed by atoms with van der Waals surface area (Å²) in [5.74, 6) is 0. The number of sulfonamides is 1. The van der Waals surface area contributed by atoms with Gasteiger partial charge in [0.15, 0.2) is 5.69 Å². The van der Waals surface area contributed by atoms with Crippen LogP contribution in [0.5, 0.6) is 0 Å². The Morgan fingerprint density at radius 3 is 2.83 bits per heavy atom. The van der Waals surface area contributed by atoms with Crippen LogP contribution in [0.25, 0.3) is 0 Å². The van der Waals surface area contributed by atoms with Crippen molar-refractivity contribution in [1.82, 2.24) is 9.71 Å². The van der Waals surface area contributed by atoms with E-state index in [9.17, 15) is 13.5 Å². The smallest absolute Gasteiger partial charge is 0.243 e. The van der Waals surface area contributed by atoms with E-state index < -0.39 is 15.6 Å². The summed E-state index contributed by atoms with van der Waals surface area (Å²) in [6, 6.07) is 4.46. The van der Waals surface area contributed by atoms with Crippen molar-refractivity contribution in [2.75, 3.05) is 6.54 Å². The Kier molecular flexibility index (Phi) is 4.40. The van der Waals surface area contributed by atoms with Gasteiger partial charge in [0.25, 0.3) is 0 Å². The molecular weight excluding hydrogens is 254 g/mol. The Labute approximate surface area is 106 Å². The van der Waals surface area contributed by atoms with Gasteiger partial charge >= 0.3 is 0 Å². The van der Waals surface area contributed by atoms with Crippen LogP contribution in [-0.2, 0) is 10.0 Å². The molecule has 2 N–H and O–H groups in total. The average Bonchev–Trinajstić information content (AvgIpc) is 2.37. The van der Waals surface area contributed by atoms with Gasteiger partial charge in [0.1, 0.15) is 11.0 Å². The van der Waals surface area contributed by atoms with Gasteiger partial charge in [0, 0.05) is 12.7 Å². The number of aromatic nitrogens is 1. The standard InChI is InChI=1S/C11H15N3O3S/c1-3-11(2,15)8-14-18(16,17)10-5-4-6-13-9(10)7-12/h4-6,14-15H,3,8H2,1-2H3. The third kappa shape index (κ3) is 3.50. The molecule has 0 saturated carbocycles. The summed E-state index contributed by atoms with van der Waals surface area (Å²) in [4.78, 5) is 3.50. The normalized spacial score (nSPS) is 14.8. The lowest BCUT2D eigenvalue weighted by molar-refractivity contribution is 0.0613. The molecule has 98 valence electrons. The molecule has 6 nitrogen and oxygen atoms in total. The number of pyridine rings is 1. The molecule has 0 amide bonds. The fraction of sp³-hybridized carbons (Fsp3) is 0.455. The zero-order valence-electron chi connectivity index (χ0n) is 10.2. The van der Waals surface area contributed by atoms with E-state index in [0.29, 0.717) is 6.42 Å². The van der Waals surface area contributed by atoms with Crippen LogP contribution in [0.2, 0.25) is 0 Å². The SMILES string of the molecule is CCC(C)(O)CNS(=O)(=O)c1cccnc1C#N. The first-order valence-electron chi connectivity index (χ1n) is 5.39. The van der Waals surface area contributed by atoms with Crippen molar-refractivity contribution in [2.45, 2.75) is 30.8 Å². The Hall–Kier alpha value is -1.49. The summed E-state index contributed by atoms with van der Waals surface area (Å²) >= 11 is 0. The second kappa shape index (κ2) is 5.44. The Balaban J connectivity index is 2.98. The molecule has 1 aromatic rings. The highest BCUT2D eigenvalue weighted by Crippen LogP contribution is 2.13. The molecule has 0 radical (unpaired) electrons. The van der Waals surface area contributed by atoms with Crippen molar-refractivity contribution < 1.29 is 13.5 Å². The van der Waals surface area contributed by atoms with Crippen molar-refractivity contribution >= 4 is 10.0 Å². The molecule has 1 atom stereocenters. The number of nitriles is 1. The molecule has 0 aromatic carbocycles. The fourth-order valence-electron chi connectivity index (χ4n) is 1.14. The predicted molar refractivity (Wildman–Crippen MR) is 65.1 cm³/mol. The van der Waals surface area contributed by atoms with Gasteiger partial charge in [-0.1, -0.05) is 6.92 Å². The lowest BCUT2D eigenvalue weighted by atomic mass is 10.1. The first-order valence-corrected chi connectivity index (χ1v) is 6.88. The van der Waals surface area contributed by atoms with Gasteiger partial charge < -0.3 is 5.11 Å². The predicted octanol–water partition coefficient (Wildman–Crippen LogP) is 0.393. The molecule has 7 heteroatoms. The fourth-order valence-corrected chi connectivity index (χ4v) is 2.41. The van der Waals surface area contributed by atoms with E-state index >= 15 is 0 Å². The maximum atomic E-state index is 12.0. The van der Waals surface area contributed by atoms with E-state index in [1.165, 1.54) is 25.3 Å². The molecular formula is C11H15N3O3S. The first kappa shape index (κ1) is 14.6. The molecule has 18 heavy (non-hydrogen) atoms. The van der Waals surface area contributed by atoms with Crippen molar-refractivity contribution in [3.63, 3.8) is 0 Å². The van der Waals surface area contributed by atoms with Crippen LogP contribution in [0, 0.1) is 11.3 Å². The summed E-state index contributed by atoms with van der Waals surface area (Å²) in [5.41, 5.74) is -1.29. The lowest BCUT2D eigenvalue weighted by Gasteiger charge is -2.21. The van der Waals surface area contributed by atoms with Crippen molar-refractivity contribution in [2.24, 2.45) is 0 Å². The van der Waals surface area contributed by atoms with Gasteiger partial charge in [-0.2, -0.15) is 5.26 Å². The molecule has 0 aliphatic heterocycles. The summed E-state index contributed by atoms with van der Waals surface area (Å²) in [7, 11) is -3.84. The molecule has 1 rings (SSSR count). The molecule has 1 unspecified atom stereocenters. The van der Waals surface area contributed by atoms with E-state index in [2.05, 4.69) is 9.71 Å². The van der Waals surface area contributed by atoms with Crippen LogP contribution in [-0.4, -0.2) is 30.7 Å². The van der Waals surface area contributed by atoms with Crippen molar-refractivity contribution in [3.05, 3.63) is 24.0 Å². The van der Waals surface area contributed by atoms with Crippen LogP contribution in [0.3, 0.4) is 0 Å². The molecule has 0 bridgehead atoms. The van der Waals surface area contributed by atoms with E-state index in [-0.39, 0.29) is 17.1 Å². The minimum absolute atomic E-state index is 0.119. The maximum Gasteiger partial charge on any atom is 0.243 e. The molecule has 1 aromatic heterocycles. The summed E-state index contributed by atoms with van der Waals surface area (Å²) < 4.78 is 26.2. The maximum absolute atomic E-state index is 12.0. The van der Waals surface area contributed by atoms with Gasteiger partial charge in [-0.25, -0.2) is 18.1 Å². The minimum atomic E-state index is -3.84. The summed E-state index contributed by atoms with van der Waals surface area (Å²) in [5, 5.41) is 18.6. The number of hydrogen-bond acceptors (Lipinski definition) is 5. The summed E-state index contributed by atoms with van der Waals surface area (Å²) in [6.45, 7) is 3.16. The highest BCUT2D eigenvalue weighted by atomic mass is 32.2. The highest BCUT2D eigenvalue weighted by molar-refractivity contribution is 7.89. The second-order valence-electron chi connectivity index (χ2n) is 4.14. The van der Waals surface area contributed by atoms with Crippen LogP contribution in [0.4, 0.5) is 0 Å². The molecule has 0 aliphatic rings. The van der Waals surface area contributed by atoms with Gasteiger partial charge in [0.2, 0.25) is 10.0 Å². The molecule has 0 saturated heterocycles. The van der Waals surface area contributed by atoms with E-state index in [1.54, 1.807) is 13.0 Å². The van der Waals surface area contributed by atoms with Crippen molar-refractivity contribution in [1.29, 1.82) is 5.26 Å². The molecule has 0 aliphatic carbocycles. The van der Waals surface area contributed by atoms with Crippen molar-refractivity contribution in [3.8, 4) is 6.07 Å². The lowest BCUT2D eigenvalue weighted by Crippen LogP contribution is -2.40. The molecule has 1 heterocycles. The number of nitrogens with zero attached hydrogens (tertiary/aromatic N) is 2. The molecule has 0 spiro atoms. The zero-order valence-corrected chi connectivity index (χ0v) is 11.0. The number of hydrogen-bond donors (Lipinski definition) is 2. The number of nitrogens with one attached hydrogen (secondary N) is 1. The zero-order chi connectivity index (χ0) is 13.8. The average molecular weight is 269 g/mol. The Bertz CT molecular complexity index is 561. The third-order valence-electron chi connectivity index (χ3n) is 2.57. The van der Waals surface area contributed by atoms with Gasteiger partial charge in [0.05, 0.1) is 5.60 Å². The van der Waals surface area contributed by atoms with Crippen LogP contribution in [0.1, 0.15) is 26.0 Å². The minimum Gasteiger partial charge on any atom is -0.389 e. The topological polar surface area (TPSA) is 103 Å². The third-order valence-corrected chi connectivity index (χ3v) is 4.00. The monoisotopic (exact) mass is 269 g/mol. The van der Waals surface area contributed by atoms with E-state index in [0.717, 1.165) is 0 Å². The van der Waals surface area contributed by atoms with Crippen LogP contribution < -0.4 is 4.72 Å². The second-order valence-corrected chi connectivity index (χ2v) is 5.87. The van der Waals surface area contributed by atoms with Crippen LogP contribution in [0.15, 0.2) is 23.2 Å². The van der Waals surface area contributed by atoms with E-state index in [4.69, 9.17) is 5.26 Å². The van der Waals surface area contributed by atoms with Gasteiger partial charge in [-0.05, 0) is 25.5 Å². The van der Waals surface area contributed by atoms with E-state index in [1.807, 2.05) is 0 Å². The summed E-state index contributed by atoms with van der Waals surface area (Å²) in [6.07, 6.45) is 1.76. The highest BCUT2D eigenvalue weighted by Gasteiger charge is 2.24. The molecule has 0 fully saturated rings. The van der Waals surface area contributed by atoms with Crippen LogP contribution >= 0.6 is 0 Å². The quantitative estimate of drug-likeness (QED) is 0.805.